The SMILES string of the molecule is C[C@H](NCC(=O)Nc1ccc([N+](=O)[O-])cc1)c1cccc(Cl)c1. The smallest absolute Gasteiger partial charge is 0.269 e. The Kier molecular flexibility index (Phi) is 5.67. The molecule has 120 valence electrons. The maximum Gasteiger partial charge on any atom is 0.269 e. The normalized spacial score (nSPS) is 11.7. The summed E-state index contributed by atoms with van der Waals surface area (Å²) < 4.78 is 0. The van der Waals surface area contributed by atoms with Gasteiger partial charge in [0.2, 0.25) is 5.91 Å². The van der Waals surface area contributed by atoms with Gasteiger partial charge >= 0.3 is 0 Å². The molecule has 0 heterocycles. The number of anilines is 1. The molecular formula is C16H16ClN3O3. The van der Waals surface area contributed by atoms with E-state index in [0.29, 0.717) is 10.7 Å². The first-order valence-electron chi connectivity index (χ1n) is 6.99. The van der Waals surface area contributed by atoms with Crippen molar-refractivity contribution in [3.63, 3.8) is 0 Å². The van der Waals surface area contributed by atoms with Crippen molar-refractivity contribution in [2.75, 3.05) is 11.9 Å². The number of nitro groups is 1. The lowest BCUT2D eigenvalue weighted by molar-refractivity contribution is -0.384. The van der Waals surface area contributed by atoms with Crippen molar-refractivity contribution < 1.29 is 9.72 Å². The molecular weight excluding hydrogens is 318 g/mol. The van der Waals surface area contributed by atoms with Crippen LogP contribution in [0.3, 0.4) is 0 Å². The van der Waals surface area contributed by atoms with E-state index in [1.807, 2.05) is 25.1 Å². The van der Waals surface area contributed by atoms with E-state index in [4.69, 9.17) is 11.6 Å². The third-order valence-electron chi connectivity index (χ3n) is 3.28. The second kappa shape index (κ2) is 7.71. The molecule has 0 saturated carbocycles. The van der Waals surface area contributed by atoms with E-state index in [1.165, 1.54) is 24.3 Å². The van der Waals surface area contributed by atoms with Crippen LogP contribution in [0.15, 0.2) is 48.5 Å². The summed E-state index contributed by atoms with van der Waals surface area (Å²) in [5.41, 5.74) is 1.48. The molecule has 2 aromatic rings. The number of nitro benzene ring substituents is 1. The molecule has 0 fully saturated rings. The maximum absolute atomic E-state index is 11.9. The summed E-state index contributed by atoms with van der Waals surface area (Å²) >= 11 is 5.94. The van der Waals surface area contributed by atoms with Gasteiger partial charge in [0.15, 0.2) is 0 Å². The molecule has 2 N–H and O–H groups in total. The molecule has 0 aliphatic heterocycles. The third-order valence-corrected chi connectivity index (χ3v) is 3.51. The quantitative estimate of drug-likeness (QED) is 0.625. The highest BCUT2D eigenvalue weighted by atomic mass is 35.5. The molecule has 1 atom stereocenters. The third kappa shape index (κ3) is 5.05. The van der Waals surface area contributed by atoms with Gasteiger partial charge in [0, 0.05) is 28.9 Å². The van der Waals surface area contributed by atoms with E-state index in [0.717, 1.165) is 5.56 Å². The summed E-state index contributed by atoms with van der Waals surface area (Å²) in [6.45, 7) is 2.05. The zero-order chi connectivity index (χ0) is 16.8. The molecule has 1 amide bonds. The number of hydrogen-bond acceptors (Lipinski definition) is 4. The number of nitrogens with one attached hydrogen (secondary N) is 2. The summed E-state index contributed by atoms with van der Waals surface area (Å²) in [7, 11) is 0. The maximum atomic E-state index is 11.9. The first-order valence-corrected chi connectivity index (χ1v) is 7.36. The van der Waals surface area contributed by atoms with Crippen molar-refractivity contribution in [1.29, 1.82) is 0 Å². The molecule has 6 nitrogen and oxygen atoms in total. The lowest BCUT2D eigenvalue weighted by Gasteiger charge is -2.14. The van der Waals surface area contributed by atoms with Gasteiger partial charge in [-0.3, -0.25) is 14.9 Å². The van der Waals surface area contributed by atoms with Crippen LogP contribution in [-0.2, 0) is 4.79 Å². The van der Waals surface area contributed by atoms with Gasteiger partial charge in [-0.05, 0) is 36.8 Å². The van der Waals surface area contributed by atoms with Crippen LogP contribution in [0.25, 0.3) is 0 Å². The lowest BCUT2D eigenvalue weighted by atomic mass is 10.1. The Balaban J connectivity index is 1.86. The number of benzene rings is 2. The zero-order valence-corrected chi connectivity index (χ0v) is 13.2. The summed E-state index contributed by atoms with van der Waals surface area (Å²) in [6, 6.07) is 13.1. The van der Waals surface area contributed by atoms with Crippen molar-refractivity contribution in [3.8, 4) is 0 Å². The van der Waals surface area contributed by atoms with E-state index in [9.17, 15) is 14.9 Å². The van der Waals surface area contributed by atoms with Gasteiger partial charge in [0.25, 0.3) is 5.69 Å². The van der Waals surface area contributed by atoms with Gasteiger partial charge in [-0.15, -0.1) is 0 Å². The van der Waals surface area contributed by atoms with Crippen LogP contribution >= 0.6 is 11.6 Å². The Morgan fingerprint density at radius 2 is 1.96 bits per heavy atom. The number of rotatable bonds is 6. The predicted octanol–water partition coefficient (Wildman–Crippen LogP) is 3.54. The number of carbonyl (C=O) groups excluding carboxylic acids is 1. The van der Waals surface area contributed by atoms with Gasteiger partial charge in [-0.2, -0.15) is 0 Å². The van der Waals surface area contributed by atoms with Crippen LogP contribution < -0.4 is 10.6 Å². The molecule has 0 unspecified atom stereocenters. The Labute approximate surface area is 138 Å². The summed E-state index contributed by atoms with van der Waals surface area (Å²) in [6.07, 6.45) is 0. The van der Waals surface area contributed by atoms with E-state index >= 15 is 0 Å². The molecule has 0 aliphatic rings. The highest BCUT2D eigenvalue weighted by molar-refractivity contribution is 6.30. The first kappa shape index (κ1) is 16.9. The number of non-ortho nitro benzene ring substituents is 1. The molecule has 2 rings (SSSR count). The van der Waals surface area contributed by atoms with Crippen LogP contribution in [0.1, 0.15) is 18.5 Å². The Morgan fingerprint density at radius 1 is 1.26 bits per heavy atom. The molecule has 23 heavy (non-hydrogen) atoms. The average Bonchev–Trinajstić information content (AvgIpc) is 2.53. The second-order valence-corrected chi connectivity index (χ2v) is 5.45. The Bertz CT molecular complexity index is 704. The summed E-state index contributed by atoms with van der Waals surface area (Å²) in [5, 5.41) is 17.0. The number of carbonyl (C=O) groups is 1. The zero-order valence-electron chi connectivity index (χ0n) is 12.5. The van der Waals surface area contributed by atoms with Gasteiger partial charge in [0.1, 0.15) is 0 Å². The Morgan fingerprint density at radius 3 is 2.57 bits per heavy atom. The van der Waals surface area contributed by atoms with Crippen LogP contribution in [0, 0.1) is 10.1 Å². The highest BCUT2D eigenvalue weighted by Gasteiger charge is 2.09. The highest BCUT2D eigenvalue weighted by Crippen LogP contribution is 2.17. The van der Waals surface area contributed by atoms with Crippen molar-refractivity contribution in [2.45, 2.75) is 13.0 Å². The first-order chi connectivity index (χ1) is 11.0. The minimum atomic E-state index is -0.486. The monoisotopic (exact) mass is 333 g/mol. The van der Waals surface area contributed by atoms with Crippen molar-refractivity contribution in [3.05, 3.63) is 69.2 Å². The fourth-order valence-corrected chi connectivity index (χ4v) is 2.21. The summed E-state index contributed by atoms with van der Waals surface area (Å²) in [4.78, 5) is 22.0. The van der Waals surface area contributed by atoms with Gasteiger partial charge in [-0.1, -0.05) is 23.7 Å². The van der Waals surface area contributed by atoms with Crippen LogP contribution in [-0.4, -0.2) is 17.4 Å². The van der Waals surface area contributed by atoms with Crippen molar-refractivity contribution in [1.82, 2.24) is 5.32 Å². The summed E-state index contributed by atoms with van der Waals surface area (Å²) in [5.74, 6) is -0.229. The molecule has 0 radical (unpaired) electrons. The van der Waals surface area contributed by atoms with Crippen LogP contribution in [0.5, 0.6) is 0 Å². The molecule has 2 aromatic carbocycles. The molecule has 7 heteroatoms. The minimum Gasteiger partial charge on any atom is -0.325 e. The predicted molar refractivity (Wildman–Crippen MR) is 89.6 cm³/mol. The molecule has 0 saturated heterocycles. The van der Waals surface area contributed by atoms with Crippen LogP contribution in [0.2, 0.25) is 5.02 Å². The van der Waals surface area contributed by atoms with Gasteiger partial charge in [0.05, 0.1) is 11.5 Å². The van der Waals surface area contributed by atoms with E-state index in [-0.39, 0.29) is 24.2 Å². The van der Waals surface area contributed by atoms with Crippen LogP contribution in [0.4, 0.5) is 11.4 Å². The van der Waals surface area contributed by atoms with E-state index in [2.05, 4.69) is 10.6 Å². The largest absolute Gasteiger partial charge is 0.325 e. The molecule has 0 spiro atoms. The number of halogens is 1. The van der Waals surface area contributed by atoms with E-state index in [1.54, 1.807) is 6.07 Å². The van der Waals surface area contributed by atoms with Crippen molar-refractivity contribution >= 4 is 28.9 Å². The fraction of sp³-hybridized carbons (Fsp3) is 0.188. The molecule has 0 aliphatic carbocycles. The minimum absolute atomic E-state index is 0.0179. The van der Waals surface area contributed by atoms with Gasteiger partial charge < -0.3 is 10.6 Å². The number of hydrogen-bond donors (Lipinski definition) is 2. The lowest BCUT2D eigenvalue weighted by Crippen LogP contribution is -2.30. The Hall–Kier alpha value is -2.44. The number of amides is 1. The number of nitrogens with zero attached hydrogens (tertiary/aromatic N) is 1. The van der Waals surface area contributed by atoms with E-state index < -0.39 is 4.92 Å². The van der Waals surface area contributed by atoms with Gasteiger partial charge in [-0.25, -0.2) is 0 Å². The fourth-order valence-electron chi connectivity index (χ4n) is 2.01. The second-order valence-electron chi connectivity index (χ2n) is 5.01. The average molecular weight is 334 g/mol. The molecule has 0 aromatic heterocycles. The topological polar surface area (TPSA) is 84.3 Å². The van der Waals surface area contributed by atoms with Crippen molar-refractivity contribution in [2.24, 2.45) is 0 Å². The molecule has 0 bridgehead atoms. The standard InChI is InChI=1S/C16H16ClN3O3/c1-11(12-3-2-4-13(17)9-12)18-10-16(21)19-14-5-7-15(8-6-14)20(22)23/h2-9,11,18H,10H2,1H3,(H,19,21)/t11-/m0/s1.